The van der Waals surface area contributed by atoms with Gasteiger partial charge < -0.3 is 4.90 Å². The molecule has 5 nitrogen and oxygen atoms in total. The van der Waals surface area contributed by atoms with Crippen molar-refractivity contribution in [3.63, 3.8) is 0 Å². The molecule has 0 unspecified atom stereocenters. The number of rotatable bonds is 2. The van der Waals surface area contributed by atoms with E-state index in [4.69, 9.17) is 0 Å². The highest BCUT2D eigenvalue weighted by molar-refractivity contribution is 5.88. The summed E-state index contributed by atoms with van der Waals surface area (Å²) in [7, 11) is 0. The molecule has 8 heteroatoms. The molecule has 1 aliphatic heterocycles. The van der Waals surface area contributed by atoms with E-state index >= 15 is 0 Å². The first-order chi connectivity index (χ1) is 10.7. The minimum atomic E-state index is -4.24. The topological polar surface area (TPSA) is 48.5 Å². The summed E-state index contributed by atoms with van der Waals surface area (Å²) in [5.74, 6) is 0.457. The summed E-state index contributed by atoms with van der Waals surface area (Å²) in [6.07, 6.45) is -4.24. The standard InChI is InChI=1S/C15H21F3N4O/c1-10-8-11(2)19-13(9-10)20-14(23)22-6-4-21(5-7-22)12(3)15(16,17)18/h8-9,12H,4-7H2,1-3H3,(H,19,20,23)/t12-/m1/s1. The number of hydrogen-bond donors (Lipinski definition) is 1. The number of carbonyl (C=O) groups is 1. The highest BCUT2D eigenvalue weighted by Gasteiger charge is 2.41. The first-order valence-electron chi connectivity index (χ1n) is 7.49. The van der Waals surface area contributed by atoms with Gasteiger partial charge in [0.25, 0.3) is 0 Å². The van der Waals surface area contributed by atoms with Crippen molar-refractivity contribution in [3.05, 3.63) is 23.4 Å². The second-order valence-corrected chi connectivity index (χ2v) is 5.84. The van der Waals surface area contributed by atoms with E-state index in [1.165, 1.54) is 9.80 Å². The monoisotopic (exact) mass is 330 g/mol. The van der Waals surface area contributed by atoms with Gasteiger partial charge in [0.1, 0.15) is 11.9 Å². The zero-order valence-corrected chi connectivity index (χ0v) is 13.4. The van der Waals surface area contributed by atoms with Crippen LogP contribution in [0.4, 0.5) is 23.8 Å². The molecule has 2 heterocycles. The molecule has 1 N–H and O–H groups in total. The summed E-state index contributed by atoms with van der Waals surface area (Å²) in [6, 6.07) is 1.83. The molecule has 0 aromatic carbocycles. The number of hydrogen-bond acceptors (Lipinski definition) is 3. The fraction of sp³-hybridized carbons (Fsp3) is 0.600. The van der Waals surface area contributed by atoms with Gasteiger partial charge in [0.05, 0.1) is 0 Å². The van der Waals surface area contributed by atoms with E-state index < -0.39 is 12.2 Å². The summed E-state index contributed by atoms with van der Waals surface area (Å²) < 4.78 is 38.1. The van der Waals surface area contributed by atoms with Crippen LogP contribution < -0.4 is 5.32 Å². The molecular formula is C15H21F3N4O. The van der Waals surface area contributed by atoms with E-state index in [0.29, 0.717) is 5.82 Å². The molecule has 128 valence electrons. The maximum absolute atomic E-state index is 12.7. The second kappa shape index (κ2) is 6.74. The number of amides is 2. The maximum atomic E-state index is 12.7. The van der Waals surface area contributed by atoms with Crippen LogP contribution in [-0.4, -0.2) is 59.2 Å². The van der Waals surface area contributed by atoms with Crippen LogP contribution >= 0.6 is 0 Å². The zero-order chi connectivity index (χ0) is 17.2. The number of anilines is 1. The van der Waals surface area contributed by atoms with Crippen molar-refractivity contribution >= 4 is 11.8 Å². The quantitative estimate of drug-likeness (QED) is 0.907. The molecule has 1 atom stereocenters. The van der Waals surface area contributed by atoms with Crippen LogP contribution in [0.1, 0.15) is 18.2 Å². The van der Waals surface area contributed by atoms with Crippen LogP contribution in [0.2, 0.25) is 0 Å². The van der Waals surface area contributed by atoms with E-state index in [2.05, 4.69) is 10.3 Å². The lowest BCUT2D eigenvalue weighted by molar-refractivity contribution is -0.181. The van der Waals surface area contributed by atoms with Gasteiger partial charge in [-0.15, -0.1) is 0 Å². The Balaban J connectivity index is 1.91. The van der Waals surface area contributed by atoms with Gasteiger partial charge in [-0.2, -0.15) is 13.2 Å². The number of alkyl halides is 3. The molecule has 23 heavy (non-hydrogen) atoms. The molecule has 1 aromatic heterocycles. The van der Waals surface area contributed by atoms with Crippen LogP contribution in [0.25, 0.3) is 0 Å². The molecule has 2 rings (SSSR count). The highest BCUT2D eigenvalue weighted by Crippen LogP contribution is 2.25. The molecule has 0 aliphatic carbocycles. The normalized spacial score (nSPS) is 17.9. The van der Waals surface area contributed by atoms with Crippen molar-refractivity contribution in [2.45, 2.75) is 33.0 Å². The van der Waals surface area contributed by atoms with Crippen molar-refractivity contribution in [1.82, 2.24) is 14.8 Å². The lowest BCUT2D eigenvalue weighted by Crippen LogP contribution is -2.55. The van der Waals surface area contributed by atoms with Crippen molar-refractivity contribution in [2.24, 2.45) is 0 Å². The van der Waals surface area contributed by atoms with Gasteiger partial charge in [-0.25, -0.2) is 9.78 Å². The fourth-order valence-corrected chi connectivity index (χ4v) is 2.61. The summed E-state index contributed by atoms with van der Waals surface area (Å²) >= 11 is 0. The Morgan fingerprint density at radius 2 is 1.83 bits per heavy atom. The highest BCUT2D eigenvalue weighted by atomic mass is 19.4. The molecule has 1 aliphatic rings. The first-order valence-corrected chi connectivity index (χ1v) is 7.49. The predicted molar refractivity (Wildman–Crippen MR) is 81.4 cm³/mol. The molecule has 1 saturated heterocycles. The average molecular weight is 330 g/mol. The molecular weight excluding hydrogens is 309 g/mol. The van der Waals surface area contributed by atoms with E-state index in [1.54, 1.807) is 6.07 Å². The number of aryl methyl sites for hydroxylation is 2. The lowest BCUT2D eigenvalue weighted by atomic mass is 10.2. The number of piperazine rings is 1. The SMILES string of the molecule is Cc1cc(C)nc(NC(=O)N2CCN([C@H](C)C(F)(F)F)CC2)c1. The molecule has 1 fully saturated rings. The number of halogens is 3. The third-order valence-electron chi connectivity index (χ3n) is 3.96. The third-order valence-corrected chi connectivity index (χ3v) is 3.96. The van der Waals surface area contributed by atoms with Crippen LogP contribution in [-0.2, 0) is 0 Å². The predicted octanol–water partition coefficient (Wildman–Crippen LogP) is 2.80. The van der Waals surface area contributed by atoms with E-state index in [0.717, 1.165) is 18.2 Å². The molecule has 0 bridgehead atoms. The number of nitrogens with zero attached hydrogens (tertiary/aromatic N) is 3. The number of carbonyl (C=O) groups excluding carboxylic acids is 1. The number of nitrogens with one attached hydrogen (secondary N) is 1. The van der Waals surface area contributed by atoms with E-state index in [-0.39, 0.29) is 32.2 Å². The summed E-state index contributed by atoms with van der Waals surface area (Å²) in [4.78, 5) is 19.3. The van der Waals surface area contributed by atoms with Gasteiger partial charge in [-0.1, -0.05) is 0 Å². The van der Waals surface area contributed by atoms with Gasteiger partial charge in [-0.3, -0.25) is 10.2 Å². The van der Waals surface area contributed by atoms with Crippen molar-refractivity contribution in [1.29, 1.82) is 0 Å². The smallest absolute Gasteiger partial charge is 0.322 e. The first kappa shape index (κ1) is 17.5. The van der Waals surface area contributed by atoms with Gasteiger partial charge in [0.15, 0.2) is 0 Å². The zero-order valence-electron chi connectivity index (χ0n) is 13.4. The van der Waals surface area contributed by atoms with E-state index in [1.807, 2.05) is 19.9 Å². The fourth-order valence-electron chi connectivity index (χ4n) is 2.61. The van der Waals surface area contributed by atoms with E-state index in [9.17, 15) is 18.0 Å². The Hall–Kier alpha value is -1.83. The Labute approximate surface area is 133 Å². The van der Waals surface area contributed by atoms with Gasteiger partial charge in [0.2, 0.25) is 0 Å². The van der Waals surface area contributed by atoms with Crippen molar-refractivity contribution in [2.75, 3.05) is 31.5 Å². The summed E-state index contributed by atoms with van der Waals surface area (Å²) in [5.41, 5.74) is 1.78. The van der Waals surface area contributed by atoms with Gasteiger partial charge in [-0.05, 0) is 38.5 Å². The molecule has 0 saturated carbocycles. The number of pyridine rings is 1. The number of aromatic nitrogens is 1. The van der Waals surface area contributed by atoms with Crippen molar-refractivity contribution in [3.8, 4) is 0 Å². The van der Waals surface area contributed by atoms with Crippen LogP contribution in [0.3, 0.4) is 0 Å². The van der Waals surface area contributed by atoms with Crippen molar-refractivity contribution < 1.29 is 18.0 Å². The van der Waals surface area contributed by atoms with Crippen LogP contribution in [0.15, 0.2) is 12.1 Å². The van der Waals surface area contributed by atoms with Crippen LogP contribution in [0.5, 0.6) is 0 Å². The Bertz CT molecular complexity index is 548. The Morgan fingerprint density at radius 3 is 2.35 bits per heavy atom. The maximum Gasteiger partial charge on any atom is 0.403 e. The van der Waals surface area contributed by atoms with Gasteiger partial charge >= 0.3 is 12.2 Å². The molecule has 1 aromatic rings. The molecule has 0 radical (unpaired) electrons. The molecule has 2 amide bonds. The lowest BCUT2D eigenvalue weighted by Gasteiger charge is -2.38. The Kier molecular flexibility index (Phi) is 5.13. The van der Waals surface area contributed by atoms with Crippen LogP contribution in [0, 0.1) is 13.8 Å². The summed E-state index contributed by atoms with van der Waals surface area (Å²) in [6.45, 7) is 5.81. The van der Waals surface area contributed by atoms with Gasteiger partial charge in [0, 0.05) is 31.9 Å². The Morgan fingerprint density at radius 1 is 1.22 bits per heavy atom. The summed E-state index contributed by atoms with van der Waals surface area (Å²) in [5, 5.41) is 2.70. The molecule has 0 spiro atoms. The second-order valence-electron chi connectivity index (χ2n) is 5.84. The minimum absolute atomic E-state index is 0.203. The number of urea groups is 1. The largest absolute Gasteiger partial charge is 0.403 e. The minimum Gasteiger partial charge on any atom is -0.322 e. The average Bonchev–Trinajstić information content (AvgIpc) is 2.44. The third kappa shape index (κ3) is 4.57.